The molecule has 1 aromatic carbocycles. The molecule has 5 nitrogen and oxygen atoms in total. The van der Waals surface area contributed by atoms with E-state index in [1.807, 2.05) is 30.9 Å². The molecule has 1 saturated heterocycles. The number of likely N-dealkylation sites (N-methyl/N-ethyl adjacent to an activating group) is 1. The van der Waals surface area contributed by atoms with Crippen LogP contribution in [0.1, 0.15) is 18.4 Å². The van der Waals surface area contributed by atoms with Gasteiger partial charge in [-0.3, -0.25) is 4.79 Å². The normalized spacial score (nSPS) is 21.6. The van der Waals surface area contributed by atoms with Crippen LogP contribution in [0, 0.1) is 0 Å². The van der Waals surface area contributed by atoms with Crippen molar-refractivity contribution in [1.29, 1.82) is 0 Å². The first-order valence-corrected chi connectivity index (χ1v) is 8.58. The molecule has 1 fully saturated rings. The molecule has 0 bridgehead atoms. The van der Waals surface area contributed by atoms with Crippen LogP contribution in [0.15, 0.2) is 49.1 Å². The number of piperidine rings is 1. The standard InChI is InChI=1S/C19H26N4O/c1-21(2)18(24)19(23-14-11-20-16-23)10-6-12-22(15-19)13-9-17-7-4-3-5-8-17/h3-5,7-8,11,14,16H,6,9-10,12-13,15H2,1-2H3. The van der Waals surface area contributed by atoms with Gasteiger partial charge in [0.2, 0.25) is 5.91 Å². The number of carbonyl (C=O) groups excluding carboxylic acids is 1. The first-order valence-electron chi connectivity index (χ1n) is 8.58. The number of benzene rings is 1. The Morgan fingerprint density at radius 2 is 2.08 bits per heavy atom. The summed E-state index contributed by atoms with van der Waals surface area (Å²) in [6.45, 7) is 2.76. The molecule has 0 radical (unpaired) electrons. The predicted molar refractivity (Wildman–Crippen MR) is 94.7 cm³/mol. The van der Waals surface area contributed by atoms with Crippen LogP contribution >= 0.6 is 0 Å². The van der Waals surface area contributed by atoms with Gasteiger partial charge in [-0.2, -0.15) is 0 Å². The van der Waals surface area contributed by atoms with Crippen molar-refractivity contribution in [2.24, 2.45) is 0 Å². The molecule has 1 aliphatic heterocycles. The van der Waals surface area contributed by atoms with Crippen molar-refractivity contribution in [1.82, 2.24) is 19.4 Å². The molecular weight excluding hydrogens is 300 g/mol. The summed E-state index contributed by atoms with van der Waals surface area (Å²) in [6.07, 6.45) is 8.35. The summed E-state index contributed by atoms with van der Waals surface area (Å²) in [5, 5.41) is 0. The number of aromatic nitrogens is 2. The lowest BCUT2D eigenvalue weighted by atomic mass is 9.87. The second-order valence-corrected chi connectivity index (χ2v) is 6.82. The highest BCUT2D eigenvalue weighted by Crippen LogP contribution is 2.30. The van der Waals surface area contributed by atoms with Crippen LogP contribution in [-0.4, -0.2) is 59.0 Å². The first kappa shape index (κ1) is 16.7. The maximum Gasteiger partial charge on any atom is 0.249 e. The zero-order chi connectivity index (χ0) is 17.0. The van der Waals surface area contributed by atoms with Crippen molar-refractivity contribution >= 4 is 5.91 Å². The molecule has 2 heterocycles. The number of likely N-dealkylation sites (tertiary alicyclic amines) is 1. The number of imidazole rings is 1. The van der Waals surface area contributed by atoms with Gasteiger partial charge in [0.05, 0.1) is 6.33 Å². The molecule has 5 heteroatoms. The third-order valence-corrected chi connectivity index (χ3v) is 4.91. The van der Waals surface area contributed by atoms with Crippen LogP contribution in [-0.2, 0) is 16.8 Å². The Kier molecular flexibility index (Phi) is 5.00. The van der Waals surface area contributed by atoms with E-state index in [1.54, 1.807) is 17.4 Å². The van der Waals surface area contributed by atoms with E-state index >= 15 is 0 Å². The van der Waals surface area contributed by atoms with Gasteiger partial charge in [0.15, 0.2) is 0 Å². The number of nitrogens with zero attached hydrogens (tertiary/aromatic N) is 4. The molecule has 0 spiro atoms. The molecule has 1 atom stereocenters. The molecule has 24 heavy (non-hydrogen) atoms. The topological polar surface area (TPSA) is 41.4 Å². The second kappa shape index (κ2) is 7.18. The van der Waals surface area contributed by atoms with Crippen molar-refractivity contribution in [3.05, 3.63) is 54.6 Å². The first-order chi connectivity index (χ1) is 11.6. The monoisotopic (exact) mass is 326 g/mol. The summed E-state index contributed by atoms with van der Waals surface area (Å²) in [5.41, 5.74) is 0.810. The van der Waals surface area contributed by atoms with Crippen molar-refractivity contribution in [3.63, 3.8) is 0 Å². The number of amides is 1. The van der Waals surface area contributed by atoms with E-state index in [4.69, 9.17) is 0 Å². The maximum absolute atomic E-state index is 13.0. The lowest BCUT2D eigenvalue weighted by Gasteiger charge is -2.43. The van der Waals surface area contributed by atoms with Gasteiger partial charge in [0.25, 0.3) is 0 Å². The van der Waals surface area contributed by atoms with Crippen LogP contribution in [0.3, 0.4) is 0 Å². The molecule has 3 rings (SSSR count). The Morgan fingerprint density at radius 3 is 2.75 bits per heavy atom. The Morgan fingerprint density at radius 1 is 1.29 bits per heavy atom. The fraction of sp³-hybridized carbons (Fsp3) is 0.474. The molecule has 0 N–H and O–H groups in total. The van der Waals surface area contributed by atoms with Gasteiger partial charge >= 0.3 is 0 Å². The molecular formula is C19H26N4O. The number of carbonyl (C=O) groups is 1. The summed E-state index contributed by atoms with van der Waals surface area (Å²) >= 11 is 0. The fourth-order valence-corrected chi connectivity index (χ4v) is 3.67. The van der Waals surface area contributed by atoms with Gasteiger partial charge < -0.3 is 14.4 Å². The van der Waals surface area contributed by atoms with E-state index in [2.05, 4.69) is 34.1 Å². The van der Waals surface area contributed by atoms with Crippen molar-refractivity contribution in [2.45, 2.75) is 24.8 Å². The molecule has 128 valence electrons. The molecule has 0 aliphatic carbocycles. The average molecular weight is 326 g/mol. The maximum atomic E-state index is 13.0. The van der Waals surface area contributed by atoms with Crippen molar-refractivity contribution in [2.75, 3.05) is 33.7 Å². The molecule has 1 aliphatic rings. The number of rotatable bonds is 5. The van der Waals surface area contributed by atoms with Crippen LogP contribution in [0.2, 0.25) is 0 Å². The third-order valence-electron chi connectivity index (χ3n) is 4.91. The minimum atomic E-state index is -0.533. The van der Waals surface area contributed by atoms with E-state index in [0.717, 1.165) is 38.9 Å². The quantitative estimate of drug-likeness (QED) is 0.844. The largest absolute Gasteiger partial charge is 0.347 e. The fourth-order valence-electron chi connectivity index (χ4n) is 3.67. The minimum Gasteiger partial charge on any atom is -0.347 e. The van der Waals surface area contributed by atoms with E-state index in [9.17, 15) is 4.79 Å². The third kappa shape index (κ3) is 3.36. The SMILES string of the molecule is CN(C)C(=O)C1(n2ccnc2)CCCN(CCc2ccccc2)C1. The minimum absolute atomic E-state index is 0.157. The molecule has 2 aromatic rings. The van der Waals surface area contributed by atoms with Crippen LogP contribution in [0.5, 0.6) is 0 Å². The summed E-state index contributed by atoms with van der Waals surface area (Å²) in [4.78, 5) is 21.3. The number of hydrogen-bond acceptors (Lipinski definition) is 3. The van der Waals surface area contributed by atoms with E-state index < -0.39 is 5.54 Å². The zero-order valence-corrected chi connectivity index (χ0v) is 14.6. The average Bonchev–Trinajstić information content (AvgIpc) is 3.15. The summed E-state index contributed by atoms with van der Waals surface area (Å²) < 4.78 is 2.00. The van der Waals surface area contributed by atoms with Crippen molar-refractivity contribution < 1.29 is 4.79 Å². The highest BCUT2D eigenvalue weighted by Gasteiger charge is 2.44. The highest BCUT2D eigenvalue weighted by atomic mass is 16.2. The second-order valence-electron chi connectivity index (χ2n) is 6.82. The van der Waals surface area contributed by atoms with Gasteiger partial charge in [0.1, 0.15) is 5.54 Å². The summed E-state index contributed by atoms with van der Waals surface area (Å²) in [6, 6.07) is 10.5. The molecule has 1 amide bonds. The van der Waals surface area contributed by atoms with Crippen LogP contribution < -0.4 is 0 Å². The van der Waals surface area contributed by atoms with Gasteiger partial charge in [-0.25, -0.2) is 4.98 Å². The van der Waals surface area contributed by atoms with Gasteiger partial charge in [0, 0.05) is 39.6 Å². The predicted octanol–water partition coefficient (Wildman–Crippen LogP) is 2.01. The number of hydrogen-bond donors (Lipinski definition) is 0. The lowest BCUT2D eigenvalue weighted by molar-refractivity contribution is -0.141. The zero-order valence-electron chi connectivity index (χ0n) is 14.6. The lowest BCUT2D eigenvalue weighted by Crippen LogP contribution is -2.57. The van der Waals surface area contributed by atoms with Gasteiger partial charge in [-0.05, 0) is 31.4 Å². The van der Waals surface area contributed by atoms with Crippen molar-refractivity contribution in [3.8, 4) is 0 Å². The Hall–Kier alpha value is -2.14. The summed E-state index contributed by atoms with van der Waals surface area (Å²) in [7, 11) is 3.67. The Balaban J connectivity index is 1.76. The van der Waals surface area contributed by atoms with Gasteiger partial charge in [-0.15, -0.1) is 0 Å². The Bertz CT molecular complexity index is 653. The van der Waals surface area contributed by atoms with E-state index in [0.29, 0.717) is 0 Å². The van der Waals surface area contributed by atoms with E-state index in [1.165, 1.54) is 5.56 Å². The molecule has 0 saturated carbocycles. The van der Waals surface area contributed by atoms with Crippen LogP contribution in [0.4, 0.5) is 0 Å². The smallest absolute Gasteiger partial charge is 0.249 e. The Labute approximate surface area is 143 Å². The van der Waals surface area contributed by atoms with Gasteiger partial charge in [-0.1, -0.05) is 30.3 Å². The highest BCUT2D eigenvalue weighted by molar-refractivity contribution is 5.84. The van der Waals surface area contributed by atoms with Crippen LogP contribution in [0.25, 0.3) is 0 Å². The van der Waals surface area contributed by atoms with E-state index in [-0.39, 0.29) is 5.91 Å². The molecule has 1 unspecified atom stereocenters. The summed E-state index contributed by atoms with van der Waals surface area (Å²) in [5.74, 6) is 0.157. The molecule has 1 aromatic heterocycles.